The van der Waals surface area contributed by atoms with Crippen molar-refractivity contribution in [2.75, 3.05) is 25.6 Å². The third kappa shape index (κ3) is 3.29. The molecule has 1 saturated heterocycles. The summed E-state index contributed by atoms with van der Waals surface area (Å²) < 4.78 is 0. The number of hydrogen-bond acceptors (Lipinski definition) is 5. The Hall–Kier alpha value is 0.0900. The fourth-order valence-corrected chi connectivity index (χ4v) is 2.28. The molecular weight excluding hydrogens is 234 g/mol. The van der Waals surface area contributed by atoms with Gasteiger partial charge in [0.05, 0.1) is 12.2 Å². The quantitative estimate of drug-likeness (QED) is 0.461. The van der Waals surface area contributed by atoms with E-state index in [1.54, 1.807) is 0 Å². The molecule has 0 bridgehead atoms. The van der Waals surface area contributed by atoms with Crippen LogP contribution in [0.4, 0.5) is 0 Å². The van der Waals surface area contributed by atoms with Crippen molar-refractivity contribution >= 4 is 11.6 Å². The first-order valence-electron chi connectivity index (χ1n) is 5.57. The van der Waals surface area contributed by atoms with Crippen LogP contribution < -0.4 is 0 Å². The molecule has 0 saturated carbocycles. The molecule has 0 aromatic carbocycles. The molecule has 0 aliphatic carbocycles. The highest BCUT2D eigenvalue weighted by Crippen LogP contribution is 2.21. The number of piperidine rings is 1. The van der Waals surface area contributed by atoms with Crippen LogP contribution in [0.1, 0.15) is 12.8 Å². The topological polar surface area (TPSA) is 84.2 Å². The van der Waals surface area contributed by atoms with Gasteiger partial charge in [0.2, 0.25) is 0 Å². The predicted octanol–water partition coefficient (Wildman–Crippen LogP) is -1.24. The van der Waals surface area contributed by atoms with Gasteiger partial charge in [-0.3, -0.25) is 4.90 Å². The van der Waals surface area contributed by atoms with Crippen LogP contribution in [-0.2, 0) is 0 Å². The third-order valence-electron chi connectivity index (χ3n) is 3.03. The second kappa shape index (κ2) is 6.74. The summed E-state index contributed by atoms with van der Waals surface area (Å²) in [6.45, 7) is 0.900. The molecule has 0 spiro atoms. The Morgan fingerprint density at radius 3 is 2.44 bits per heavy atom. The van der Waals surface area contributed by atoms with Crippen LogP contribution in [-0.4, -0.2) is 75.3 Å². The maximum absolute atomic E-state index is 9.81. The summed E-state index contributed by atoms with van der Waals surface area (Å²) in [6, 6.07) is -0.313. The molecule has 1 aliphatic heterocycles. The summed E-state index contributed by atoms with van der Waals surface area (Å²) in [4.78, 5) is 1.88. The molecule has 5 nitrogen and oxygen atoms in total. The average molecular weight is 254 g/mol. The van der Waals surface area contributed by atoms with E-state index < -0.39 is 18.3 Å². The van der Waals surface area contributed by atoms with Crippen molar-refractivity contribution in [1.82, 2.24) is 4.90 Å². The van der Waals surface area contributed by atoms with Gasteiger partial charge in [-0.05, 0) is 19.4 Å². The van der Waals surface area contributed by atoms with E-state index in [1.165, 1.54) is 0 Å². The molecule has 1 fully saturated rings. The van der Waals surface area contributed by atoms with Gasteiger partial charge in [0.25, 0.3) is 0 Å². The molecule has 0 amide bonds. The largest absolute Gasteiger partial charge is 0.396 e. The molecule has 0 aromatic rings. The third-order valence-corrected chi connectivity index (χ3v) is 3.30. The highest BCUT2D eigenvalue weighted by Gasteiger charge is 2.40. The molecule has 1 aliphatic rings. The Bertz CT molecular complexity index is 207. The number of rotatable bonds is 5. The van der Waals surface area contributed by atoms with E-state index in [0.717, 1.165) is 6.42 Å². The molecule has 6 heteroatoms. The van der Waals surface area contributed by atoms with Crippen LogP contribution in [0, 0.1) is 0 Å². The maximum Gasteiger partial charge on any atom is 0.108 e. The zero-order valence-electron chi connectivity index (χ0n) is 9.17. The number of β-amino-alcohol motifs (C(OH)–C–C–N with tert-alkyl or cyclic N) is 1. The molecule has 96 valence electrons. The minimum Gasteiger partial charge on any atom is -0.396 e. The standard InChI is InChI=1S/C10H20ClNO4/c11-3-1-4-12-6-8(14)10(16)9(15)7(12)2-5-13/h7-10,13-16H,1-6H2/t7-,8+,9-,10-/m1/s1. The van der Waals surface area contributed by atoms with Crippen molar-refractivity contribution in [2.45, 2.75) is 37.2 Å². The Morgan fingerprint density at radius 1 is 1.19 bits per heavy atom. The van der Waals surface area contributed by atoms with E-state index in [1.807, 2.05) is 4.90 Å². The van der Waals surface area contributed by atoms with Crippen molar-refractivity contribution < 1.29 is 20.4 Å². The van der Waals surface area contributed by atoms with Crippen molar-refractivity contribution in [3.05, 3.63) is 0 Å². The smallest absolute Gasteiger partial charge is 0.108 e. The van der Waals surface area contributed by atoms with E-state index in [-0.39, 0.29) is 12.6 Å². The predicted molar refractivity (Wildman–Crippen MR) is 60.4 cm³/mol. The van der Waals surface area contributed by atoms with Gasteiger partial charge < -0.3 is 20.4 Å². The summed E-state index contributed by atoms with van der Waals surface area (Å²) in [7, 11) is 0. The molecule has 1 heterocycles. The van der Waals surface area contributed by atoms with E-state index in [2.05, 4.69) is 0 Å². The summed E-state index contributed by atoms with van der Waals surface area (Å²) in [6.07, 6.45) is -1.97. The van der Waals surface area contributed by atoms with Crippen LogP contribution >= 0.6 is 11.6 Å². The maximum atomic E-state index is 9.81. The van der Waals surface area contributed by atoms with E-state index in [9.17, 15) is 15.3 Å². The fraction of sp³-hybridized carbons (Fsp3) is 1.00. The van der Waals surface area contributed by atoms with Gasteiger partial charge in [-0.25, -0.2) is 0 Å². The lowest BCUT2D eigenvalue weighted by atomic mass is 9.92. The molecule has 0 radical (unpaired) electrons. The first-order valence-corrected chi connectivity index (χ1v) is 6.10. The van der Waals surface area contributed by atoms with Gasteiger partial charge in [-0.1, -0.05) is 0 Å². The molecular formula is C10H20ClNO4. The van der Waals surface area contributed by atoms with Gasteiger partial charge in [-0.15, -0.1) is 11.6 Å². The van der Waals surface area contributed by atoms with Crippen LogP contribution in [0.2, 0.25) is 0 Å². The summed E-state index contributed by atoms with van der Waals surface area (Å²) >= 11 is 5.60. The summed E-state index contributed by atoms with van der Waals surface area (Å²) in [5, 5.41) is 37.8. The Kier molecular flexibility index (Phi) is 5.96. The highest BCUT2D eigenvalue weighted by atomic mass is 35.5. The summed E-state index contributed by atoms with van der Waals surface area (Å²) in [5.74, 6) is 0.511. The van der Waals surface area contributed by atoms with Crippen molar-refractivity contribution in [3.8, 4) is 0 Å². The minimum atomic E-state index is -1.14. The summed E-state index contributed by atoms with van der Waals surface area (Å²) in [5.41, 5.74) is 0. The molecule has 16 heavy (non-hydrogen) atoms. The van der Waals surface area contributed by atoms with Gasteiger partial charge >= 0.3 is 0 Å². The van der Waals surface area contributed by atoms with Gasteiger partial charge in [0.1, 0.15) is 6.10 Å². The number of alkyl halides is 1. The van der Waals surface area contributed by atoms with Gasteiger partial charge in [-0.2, -0.15) is 0 Å². The van der Waals surface area contributed by atoms with Crippen LogP contribution in [0.15, 0.2) is 0 Å². The number of likely N-dealkylation sites (tertiary alicyclic amines) is 1. The van der Waals surface area contributed by atoms with Gasteiger partial charge in [0.15, 0.2) is 0 Å². The van der Waals surface area contributed by atoms with Crippen LogP contribution in [0.25, 0.3) is 0 Å². The second-order valence-corrected chi connectivity index (χ2v) is 4.54. The van der Waals surface area contributed by atoms with Crippen molar-refractivity contribution in [2.24, 2.45) is 0 Å². The van der Waals surface area contributed by atoms with E-state index in [0.29, 0.717) is 25.4 Å². The lowest BCUT2D eigenvalue weighted by molar-refractivity contribution is -0.139. The fourth-order valence-electron chi connectivity index (χ4n) is 2.16. The van der Waals surface area contributed by atoms with E-state index in [4.69, 9.17) is 16.7 Å². The molecule has 1 rings (SSSR count). The van der Waals surface area contributed by atoms with Gasteiger partial charge in [0, 0.05) is 25.1 Å². The molecule has 4 N–H and O–H groups in total. The van der Waals surface area contributed by atoms with E-state index >= 15 is 0 Å². The SMILES string of the molecule is OCC[C@@H]1[C@@H](O)[C@H](O)[C@@H](O)CN1CCCCl. The Labute approximate surface area is 100 Å². The van der Waals surface area contributed by atoms with Crippen LogP contribution in [0.3, 0.4) is 0 Å². The molecule has 0 aromatic heterocycles. The highest BCUT2D eigenvalue weighted by molar-refractivity contribution is 6.17. The number of halogens is 1. The lowest BCUT2D eigenvalue weighted by Gasteiger charge is -2.43. The second-order valence-electron chi connectivity index (χ2n) is 4.17. The number of nitrogens with zero attached hydrogens (tertiary/aromatic N) is 1. The monoisotopic (exact) mass is 253 g/mol. The Morgan fingerprint density at radius 2 is 1.88 bits per heavy atom. The first-order chi connectivity index (χ1) is 7.61. The lowest BCUT2D eigenvalue weighted by Crippen LogP contribution is -2.61. The minimum absolute atomic E-state index is 0.0537. The number of aliphatic hydroxyl groups excluding tert-OH is 4. The number of hydrogen-bond donors (Lipinski definition) is 4. The Balaban J connectivity index is 2.63. The van der Waals surface area contributed by atoms with Crippen LogP contribution in [0.5, 0.6) is 0 Å². The molecule has 4 atom stereocenters. The average Bonchev–Trinajstić information content (AvgIpc) is 2.28. The normalized spacial score (nSPS) is 36.6. The first kappa shape index (κ1) is 14.2. The zero-order valence-corrected chi connectivity index (χ0v) is 9.92. The van der Waals surface area contributed by atoms with Crippen molar-refractivity contribution in [3.63, 3.8) is 0 Å². The van der Waals surface area contributed by atoms with Crippen molar-refractivity contribution in [1.29, 1.82) is 0 Å². The molecule has 0 unspecified atom stereocenters. The zero-order chi connectivity index (χ0) is 12.1. The number of aliphatic hydroxyl groups is 4.